The highest BCUT2D eigenvalue weighted by Crippen LogP contribution is 2.48. The molecule has 0 saturated heterocycles. The van der Waals surface area contributed by atoms with E-state index in [-0.39, 0.29) is 30.2 Å². The number of methoxy groups -OCH3 is 1. The van der Waals surface area contributed by atoms with Crippen molar-refractivity contribution in [1.29, 1.82) is 0 Å². The van der Waals surface area contributed by atoms with Crippen LogP contribution in [0.5, 0.6) is 0 Å². The van der Waals surface area contributed by atoms with E-state index in [9.17, 15) is 18.2 Å². The molecule has 5 rings (SSSR count). The Hall–Kier alpha value is -4.19. The topological polar surface area (TPSA) is 107 Å². The van der Waals surface area contributed by atoms with Gasteiger partial charge in [-0.25, -0.2) is 13.4 Å². The van der Waals surface area contributed by atoms with Crippen LogP contribution in [0.25, 0.3) is 22.3 Å². The zero-order valence-corrected chi connectivity index (χ0v) is 27.3. The zero-order valence-electron chi connectivity index (χ0n) is 26.5. The number of aryl methyl sites for hydroxylation is 1. The van der Waals surface area contributed by atoms with Crippen LogP contribution < -0.4 is 9.62 Å². The summed E-state index contributed by atoms with van der Waals surface area (Å²) in [7, 11) is 0.186. The minimum absolute atomic E-state index is 0.254. The number of benzene rings is 3. The van der Waals surface area contributed by atoms with Crippen molar-refractivity contribution in [1.82, 2.24) is 5.32 Å². The maximum absolute atomic E-state index is 13.7. The van der Waals surface area contributed by atoms with Crippen molar-refractivity contribution in [3.8, 4) is 11.3 Å². The summed E-state index contributed by atoms with van der Waals surface area (Å²) >= 11 is 0. The monoisotopic (exact) mass is 650 g/mol. The van der Waals surface area contributed by atoms with Gasteiger partial charge in [-0.15, -0.1) is 0 Å². The van der Waals surface area contributed by atoms with E-state index >= 15 is 0 Å². The fraction of sp³-hybridized carbons (Fsp3) is 0.343. The van der Waals surface area contributed by atoms with Crippen molar-refractivity contribution in [2.75, 3.05) is 51.1 Å². The van der Waals surface area contributed by atoms with Gasteiger partial charge in [0.1, 0.15) is 17.2 Å². The van der Waals surface area contributed by atoms with Crippen LogP contribution in [-0.4, -0.2) is 68.7 Å². The Morgan fingerprint density at radius 2 is 1.78 bits per heavy atom. The molecule has 1 heterocycles. The highest BCUT2D eigenvalue weighted by molar-refractivity contribution is 8.00. The van der Waals surface area contributed by atoms with Gasteiger partial charge in [0.15, 0.2) is 0 Å². The molecule has 1 fully saturated rings. The second-order valence-electron chi connectivity index (χ2n) is 11.4. The second kappa shape index (κ2) is 14.1. The molecule has 4 aromatic rings. The highest BCUT2D eigenvalue weighted by Gasteiger charge is 2.32. The molecule has 1 aliphatic carbocycles. The van der Waals surface area contributed by atoms with Gasteiger partial charge in [0.05, 0.1) is 56.9 Å². The fourth-order valence-corrected chi connectivity index (χ4v) is 6.45. The van der Waals surface area contributed by atoms with Crippen LogP contribution in [0.2, 0.25) is 0 Å². The number of ether oxygens (including phenoxy) is 3. The average molecular weight is 651 g/mol. The van der Waals surface area contributed by atoms with Crippen molar-refractivity contribution in [3.05, 3.63) is 88.2 Å². The molecule has 3 aromatic carbocycles. The molecule has 244 valence electrons. The Balaban J connectivity index is 1.31. The average Bonchev–Trinajstić information content (AvgIpc) is 3.81. The molecule has 1 saturated carbocycles. The number of carbonyl (C=O) groups is 2. The lowest BCUT2D eigenvalue weighted by Gasteiger charge is -2.28. The number of nitrogens with zero attached hydrogens (tertiary/aromatic N) is 1. The highest BCUT2D eigenvalue weighted by atomic mass is 32.2. The number of fused-ring (bicyclic) bond motifs is 1. The number of hydrogen-bond donors (Lipinski definition) is 1. The summed E-state index contributed by atoms with van der Waals surface area (Å²) in [5.74, 6) is 3.48. The molecule has 1 N–H and O–H groups in total. The first-order valence-corrected chi connectivity index (χ1v) is 17.1. The van der Waals surface area contributed by atoms with Crippen LogP contribution >= 0.6 is 0 Å². The molecule has 1 amide bonds. The van der Waals surface area contributed by atoms with Gasteiger partial charge in [0.25, 0.3) is 5.91 Å². The van der Waals surface area contributed by atoms with E-state index in [4.69, 9.17) is 18.6 Å². The van der Waals surface area contributed by atoms with Crippen LogP contribution in [0.4, 0.5) is 10.1 Å². The molecule has 46 heavy (non-hydrogen) atoms. The molecule has 1 aliphatic rings. The summed E-state index contributed by atoms with van der Waals surface area (Å²) in [4.78, 5) is 24.8. The molecule has 1 aromatic heterocycles. The third-order valence-corrected chi connectivity index (χ3v) is 9.29. The SMILES string of the molecule is C=S(C)(=O)N(CCOCCOCc1ccc(C(=O)OC)cc1C)c1cc2oc(-c3ccc(F)cc3)c(C(=O)NC)c2cc1C1CC1. The van der Waals surface area contributed by atoms with Gasteiger partial charge in [0, 0.05) is 40.0 Å². The fourth-order valence-electron chi connectivity index (χ4n) is 5.41. The van der Waals surface area contributed by atoms with Crippen LogP contribution in [0.15, 0.2) is 59.0 Å². The van der Waals surface area contributed by atoms with Crippen molar-refractivity contribution >= 4 is 44.1 Å². The Labute approximate surface area is 268 Å². The van der Waals surface area contributed by atoms with Crippen LogP contribution in [-0.2, 0) is 30.5 Å². The number of anilines is 1. The van der Waals surface area contributed by atoms with Gasteiger partial charge in [-0.1, -0.05) is 6.07 Å². The first kappa shape index (κ1) is 33.2. The Bertz CT molecular complexity index is 1850. The largest absolute Gasteiger partial charge is 0.465 e. The number of hydrogen-bond acceptors (Lipinski definition) is 7. The Morgan fingerprint density at radius 3 is 2.41 bits per heavy atom. The van der Waals surface area contributed by atoms with Crippen molar-refractivity contribution < 1.29 is 36.8 Å². The summed E-state index contributed by atoms with van der Waals surface area (Å²) in [6.07, 6.45) is 3.54. The maximum atomic E-state index is 13.7. The molecule has 9 nitrogen and oxygen atoms in total. The minimum atomic E-state index is -2.72. The van der Waals surface area contributed by atoms with Crippen LogP contribution in [0.1, 0.15) is 56.2 Å². The molecule has 0 bridgehead atoms. The van der Waals surface area contributed by atoms with Gasteiger partial charge in [-0.2, -0.15) is 0 Å². The quantitative estimate of drug-likeness (QED) is 0.103. The maximum Gasteiger partial charge on any atom is 0.337 e. The van der Waals surface area contributed by atoms with Gasteiger partial charge in [0.2, 0.25) is 0 Å². The first-order chi connectivity index (χ1) is 22.0. The van der Waals surface area contributed by atoms with E-state index in [2.05, 4.69) is 11.2 Å². The zero-order chi connectivity index (χ0) is 33.0. The standard InChI is InChI=1S/C35H39FN2O7S/c1-22-18-25(35(40)42-3)8-9-26(22)21-44-17-16-43-15-14-38(46(4,5)41)30-20-31-29(19-28(30)23-6-7-23)32(34(39)37-2)33(45-31)24-10-12-27(36)13-11-24/h8-13,18-20,23H,4,6-7,14-17,21H2,1-3,5H3,(H,37,39). The van der Waals surface area contributed by atoms with E-state index in [1.165, 1.54) is 19.2 Å². The van der Waals surface area contributed by atoms with Crippen molar-refractivity contribution in [2.24, 2.45) is 0 Å². The summed E-state index contributed by atoms with van der Waals surface area (Å²) < 4.78 is 51.6. The predicted octanol–water partition coefficient (Wildman–Crippen LogP) is 5.87. The van der Waals surface area contributed by atoms with E-state index in [0.717, 1.165) is 35.2 Å². The molecule has 1 atom stereocenters. The second-order valence-corrected chi connectivity index (χ2v) is 13.8. The molecular formula is C35H39FN2O7S. The third-order valence-electron chi connectivity index (χ3n) is 7.98. The molecule has 0 radical (unpaired) electrons. The number of amides is 1. The number of nitrogens with one attached hydrogen (secondary N) is 1. The molecular weight excluding hydrogens is 611 g/mol. The van der Waals surface area contributed by atoms with E-state index in [1.807, 2.05) is 25.1 Å². The summed E-state index contributed by atoms with van der Waals surface area (Å²) in [6, 6.07) is 14.9. The summed E-state index contributed by atoms with van der Waals surface area (Å²) in [5, 5.41) is 3.33. The lowest BCUT2D eigenvalue weighted by atomic mass is 10.0. The Kier molecular flexibility index (Phi) is 10.1. The lowest BCUT2D eigenvalue weighted by Crippen LogP contribution is -2.34. The van der Waals surface area contributed by atoms with Crippen molar-refractivity contribution in [3.63, 3.8) is 0 Å². The first-order valence-electron chi connectivity index (χ1n) is 15.0. The van der Waals surface area contributed by atoms with Crippen molar-refractivity contribution in [2.45, 2.75) is 32.3 Å². The minimum Gasteiger partial charge on any atom is -0.465 e. The molecule has 1 unspecified atom stereocenters. The Morgan fingerprint density at radius 1 is 1.07 bits per heavy atom. The van der Waals surface area contributed by atoms with Gasteiger partial charge < -0.3 is 23.9 Å². The van der Waals surface area contributed by atoms with E-state index < -0.39 is 9.71 Å². The van der Waals surface area contributed by atoms with Gasteiger partial charge in [-0.05, 0) is 90.7 Å². The van der Waals surface area contributed by atoms with E-state index in [0.29, 0.717) is 59.8 Å². The lowest BCUT2D eigenvalue weighted by molar-refractivity contribution is 0.0434. The van der Waals surface area contributed by atoms with Gasteiger partial charge in [-0.3, -0.25) is 9.10 Å². The smallest absolute Gasteiger partial charge is 0.337 e. The summed E-state index contributed by atoms with van der Waals surface area (Å²) in [5.41, 5.74) is 5.48. The molecule has 0 aliphatic heterocycles. The number of rotatable bonds is 14. The molecule has 0 spiro atoms. The number of halogens is 1. The van der Waals surface area contributed by atoms with Crippen LogP contribution in [0, 0.1) is 12.7 Å². The van der Waals surface area contributed by atoms with Gasteiger partial charge >= 0.3 is 5.97 Å². The van der Waals surface area contributed by atoms with Crippen LogP contribution in [0.3, 0.4) is 0 Å². The van der Waals surface area contributed by atoms with E-state index in [1.54, 1.807) is 41.9 Å². The molecule has 11 heteroatoms. The summed E-state index contributed by atoms with van der Waals surface area (Å²) in [6.45, 7) is 3.56. The third kappa shape index (κ3) is 7.43. The normalized spacial score (nSPS) is 14.2. The number of carbonyl (C=O) groups excluding carboxylic acids is 2. The number of furan rings is 1. The number of esters is 1. The predicted molar refractivity (Wildman–Crippen MR) is 179 cm³/mol.